The van der Waals surface area contributed by atoms with E-state index in [1.807, 2.05) is 12.1 Å². The van der Waals surface area contributed by atoms with Gasteiger partial charge in [-0.3, -0.25) is 0 Å². The molecule has 1 aliphatic rings. The Bertz CT molecular complexity index is 1070. The van der Waals surface area contributed by atoms with Crippen molar-refractivity contribution >= 4 is 23.3 Å². The van der Waals surface area contributed by atoms with Crippen LogP contribution in [-0.4, -0.2) is 27.6 Å². The van der Waals surface area contributed by atoms with Crippen LogP contribution in [0.4, 0.5) is 10.5 Å². The number of urea groups is 1. The van der Waals surface area contributed by atoms with E-state index in [2.05, 4.69) is 61.4 Å². The monoisotopic (exact) mass is 452 g/mol. The Labute approximate surface area is 194 Å². The Morgan fingerprint density at radius 2 is 1.75 bits per heavy atom. The van der Waals surface area contributed by atoms with Crippen molar-refractivity contribution in [1.29, 1.82) is 0 Å². The van der Waals surface area contributed by atoms with Crippen molar-refractivity contribution in [2.24, 2.45) is 0 Å². The van der Waals surface area contributed by atoms with E-state index in [4.69, 9.17) is 16.1 Å². The highest BCUT2D eigenvalue weighted by Gasteiger charge is 2.35. The quantitative estimate of drug-likeness (QED) is 0.452. The number of nitrogens with one attached hydrogen (secondary N) is 1. The number of aromatic nitrogens is 2. The first kappa shape index (κ1) is 22.3. The van der Waals surface area contributed by atoms with Crippen LogP contribution in [-0.2, 0) is 0 Å². The van der Waals surface area contributed by atoms with E-state index >= 15 is 0 Å². The number of halogens is 1. The Kier molecular flexibility index (Phi) is 6.51. The third kappa shape index (κ3) is 4.51. The molecule has 168 valence electrons. The molecule has 1 aromatic heterocycles. The fourth-order valence-corrected chi connectivity index (χ4v) is 4.35. The zero-order valence-electron chi connectivity index (χ0n) is 18.9. The van der Waals surface area contributed by atoms with E-state index in [0.717, 1.165) is 35.2 Å². The summed E-state index contributed by atoms with van der Waals surface area (Å²) in [6.07, 6.45) is 1.68. The van der Waals surface area contributed by atoms with Crippen LogP contribution < -0.4 is 5.32 Å². The molecule has 1 N–H and O–H groups in total. The maximum Gasteiger partial charge on any atom is 0.322 e. The van der Waals surface area contributed by atoms with Crippen LogP contribution in [0.5, 0.6) is 0 Å². The lowest BCUT2D eigenvalue weighted by atomic mass is 9.93. The lowest BCUT2D eigenvalue weighted by Gasteiger charge is -2.25. The fourth-order valence-electron chi connectivity index (χ4n) is 4.23. The largest absolute Gasteiger partial charge is 0.337 e. The summed E-state index contributed by atoms with van der Waals surface area (Å²) in [7, 11) is 0. The van der Waals surface area contributed by atoms with Crippen molar-refractivity contribution in [3.63, 3.8) is 0 Å². The van der Waals surface area contributed by atoms with E-state index in [1.165, 1.54) is 0 Å². The van der Waals surface area contributed by atoms with Crippen LogP contribution in [0.2, 0.25) is 5.02 Å². The molecule has 6 nitrogen and oxygen atoms in total. The molecule has 2 amide bonds. The SMILES string of the molecule is CC(C)c1cccc(C(C)C)c1NC(=O)N1CCCC1c1nc(-c2ccc(Cl)cc2)no1. The molecule has 0 spiro atoms. The van der Waals surface area contributed by atoms with Gasteiger partial charge in [0.1, 0.15) is 6.04 Å². The molecule has 32 heavy (non-hydrogen) atoms. The number of carbonyl (C=O) groups is 1. The van der Waals surface area contributed by atoms with Gasteiger partial charge in [0, 0.05) is 22.8 Å². The highest BCUT2D eigenvalue weighted by Crippen LogP contribution is 2.36. The lowest BCUT2D eigenvalue weighted by Crippen LogP contribution is -2.35. The van der Waals surface area contributed by atoms with Gasteiger partial charge >= 0.3 is 6.03 Å². The number of likely N-dealkylation sites (tertiary alicyclic amines) is 1. The number of carbonyl (C=O) groups excluding carboxylic acids is 1. The van der Waals surface area contributed by atoms with Crippen molar-refractivity contribution in [2.45, 2.75) is 58.4 Å². The summed E-state index contributed by atoms with van der Waals surface area (Å²) in [5.74, 6) is 1.56. The van der Waals surface area contributed by atoms with Crippen molar-refractivity contribution < 1.29 is 9.32 Å². The number of hydrogen-bond donors (Lipinski definition) is 1. The average molecular weight is 453 g/mol. The van der Waals surface area contributed by atoms with Crippen molar-refractivity contribution in [3.8, 4) is 11.4 Å². The van der Waals surface area contributed by atoms with Gasteiger partial charge in [-0.05, 0) is 60.1 Å². The Morgan fingerprint density at radius 3 is 2.38 bits per heavy atom. The zero-order valence-corrected chi connectivity index (χ0v) is 19.7. The number of benzene rings is 2. The maximum atomic E-state index is 13.4. The number of amides is 2. The minimum Gasteiger partial charge on any atom is -0.337 e. The van der Waals surface area contributed by atoms with Crippen molar-refractivity contribution in [3.05, 3.63) is 64.5 Å². The minimum absolute atomic E-state index is 0.131. The second-order valence-electron chi connectivity index (χ2n) is 8.87. The number of anilines is 1. The van der Waals surface area contributed by atoms with E-state index < -0.39 is 0 Å². The summed E-state index contributed by atoms with van der Waals surface area (Å²) in [5, 5.41) is 7.99. The van der Waals surface area contributed by atoms with Crippen LogP contribution >= 0.6 is 11.6 Å². The molecule has 0 saturated carbocycles. The van der Waals surface area contributed by atoms with Crippen LogP contribution in [0, 0.1) is 0 Å². The Hall–Kier alpha value is -2.86. The fraction of sp³-hybridized carbons (Fsp3) is 0.400. The Morgan fingerprint density at radius 1 is 1.09 bits per heavy atom. The lowest BCUT2D eigenvalue weighted by molar-refractivity contribution is 0.193. The molecule has 7 heteroatoms. The molecule has 0 aliphatic carbocycles. The summed E-state index contributed by atoms with van der Waals surface area (Å²) >= 11 is 5.97. The van der Waals surface area contributed by atoms with Gasteiger partial charge in [0.15, 0.2) is 0 Å². The predicted molar refractivity (Wildman–Crippen MR) is 127 cm³/mol. The van der Waals surface area contributed by atoms with Gasteiger partial charge in [-0.15, -0.1) is 0 Å². The molecular formula is C25H29ClN4O2. The first-order chi connectivity index (χ1) is 15.3. The summed E-state index contributed by atoms with van der Waals surface area (Å²) < 4.78 is 5.57. The molecular weight excluding hydrogens is 424 g/mol. The molecule has 3 aromatic rings. The first-order valence-electron chi connectivity index (χ1n) is 11.1. The van der Waals surface area contributed by atoms with Crippen LogP contribution in [0.25, 0.3) is 11.4 Å². The topological polar surface area (TPSA) is 71.3 Å². The molecule has 0 radical (unpaired) electrons. The third-order valence-corrected chi connectivity index (χ3v) is 6.20. The molecule has 1 fully saturated rings. The van der Waals surface area contributed by atoms with Crippen LogP contribution in [0.3, 0.4) is 0 Å². The van der Waals surface area contributed by atoms with Crippen LogP contribution in [0.15, 0.2) is 47.0 Å². The Balaban J connectivity index is 1.57. The summed E-state index contributed by atoms with van der Waals surface area (Å²) in [6.45, 7) is 9.22. The highest BCUT2D eigenvalue weighted by atomic mass is 35.5. The van der Waals surface area contributed by atoms with Gasteiger partial charge in [-0.1, -0.05) is 62.7 Å². The molecule has 1 aliphatic heterocycles. The van der Waals surface area contributed by atoms with Crippen molar-refractivity contribution in [1.82, 2.24) is 15.0 Å². The van der Waals surface area contributed by atoms with E-state index in [-0.39, 0.29) is 12.1 Å². The number of nitrogens with zero attached hydrogens (tertiary/aromatic N) is 3. The second-order valence-corrected chi connectivity index (χ2v) is 9.30. The van der Waals surface area contributed by atoms with Gasteiger partial charge in [-0.2, -0.15) is 4.98 Å². The minimum atomic E-state index is -0.239. The number of hydrogen-bond acceptors (Lipinski definition) is 4. The first-order valence-corrected chi connectivity index (χ1v) is 11.5. The summed E-state index contributed by atoms with van der Waals surface area (Å²) in [6, 6.07) is 13.2. The van der Waals surface area contributed by atoms with E-state index in [9.17, 15) is 4.79 Å². The van der Waals surface area contributed by atoms with Gasteiger partial charge in [0.05, 0.1) is 0 Å². The molecule has 4 rings (SSSR count). The third-order valence-electron chi connectivity index (χ3n) is 5.95. The highest BCUT2D eigenvalue weighted by molar-refractivity contribution is 6.30. The van der Waals surface area contributed by atoms with Gasteiger partial charge in [0.2, 0.25) is 11.7 Å². The molecule has 1 saturated heterocycles. The van der Waals surface area contributed by atoms with E-state index in [1.54, 1.807) is 17.0 Å². The van der Waals surface area contributed by atoms with Crippen molar-refractivity contribution in [2.75, 3.05) is 11.9 Å². The predicted octanol–water partition coefficient (Wildman–Crippen LogP) is 7.01. The molecule has 1 unspecified atom stereocenters. The maximum absolute atomic E-state index is 13.4. The van der Waals surface area contributed by atoms with Crippen LogP contribution in [0.1, 0.15) is 75.4 Å². The molecule has 2 heterocycles. The summed E-state index contributed by atoms with van der Waals surface area (Å²) in [4.78, 5) is 19.8. The second kappa shape index (κ2) is 9.33. The standard InChI is InChI=1S/C25H29ClN4O2/c1-15(2)19-7-5-8-20(16(3)4)22(19)27-25(31)30-14-6-9-21(30)24-28-23(29-32-24)17-10-12-18(26)13-11-17/h5,7-8,10-13,15-16,21H,6,9,14H2,1-4H3,(H,27,31). The molecule has 1 atom stereocenters. The molecule has 2 aromatic carbocycles. The number of rotatable bonds is 5. The zero-order chi connectivity index (χ0) is 22.8. The van der Waals surface area contributed by atoms with Gasteiger partial charge in [0.25, 0.3) is 0 Å². The van der Waals surface area contributed by atoms with Gasteiger partial charge < -0.3 is 14.7 Å². The summed E-state index contributed by atoms with van der Waals surface area (Å²) in [5.41, 5.74) is 4.03. The molecule has 0 bridgehead atoms. The normalized spacial score (nSPS) is 16.2. The number of para-hydroxylation sites is 1. The smallest absolute Gasteiger partial charge is 0.322 e. The van der Waals surface area contributed by atoms with Gasteiger partial charge in [-0.25, -0.2) is 4.79 Å². The average Bonchev–Trinajstić information content (AvgIpc) is 3.43. The van der Waals surface area contributed by atoms with E-state index in [0.29, 0.717) is 35.1 Å².